The summed E-state index contributed by atoms with van der Waals surface area (Å²) in [7, 11) is 3.50. The van der Waals surface area contributed by atoms with Crippen LogP contribution in [0.25, 0.3) is 22.1 Å². The molecule has 0 radical (unpaired) electrons. The van der Waals surface area contributed by atoms with Crippen molar-refractivity contribution in [1.29, 1.82) is 0 Å². The van der Waals surface area contributed by atoms with Crippen LogP contribution in [0.15, 0.2) is 48.5 Å². The van der Waals surface area contributed by atoms with Crippen LogP contribution in [0.3, 0.4) is 0 Å². The first-order valence-electron chi connectivity index (χ1n) is 11.3. The highest BCUT2D eigenvalue weighted by molar-refractivity contribution is 8.76. The van der Waals surface area contributed by atoms with Crippen molar-refractivity contribution in [1.82, 2.24) is 30.6 Å². The number of amides is 2. The van der Waals surface area contributed by atoms with Gasteiger partial charge < -0.3 is 20.6 Å². The van der Waals surface area contributed by atoms with Gasteiger partial charge in [-0.3, -0.25) is 9.59 Å². The molecule has 10 heteroatoms. The maximum atomic E-state index is 12.0. The fourth-order valence-electron chi connectivity index (χ4n) is 3.42. The highest BCUT2D eigenvalue weighted by atomic mass is 33.1. The Hall–Kier alpha value is -2.98. The van der Waals surface area contributed by atoms with Crippen LogP contribution in [-0.2, 0) is 22.7 Å². The van der Waals surface area contributed by atoms with Crippen LogP contribution in [0.2, 0.25) is 0 Å². The highest BCUT2D eigenvalue weighted by Crippen LogP contribution is 2.23. The molecule has 2 heterocycles. The van der Waals surface area contributed by atoms with E-state index in [0.717, 1.165) is 58.1 Å². The lowest BCUT2D eigenvalue weighted by Gasteiger charge is -2.04. The summed E-state index contributed by atoms with van der Waals surface area (Å²) in [5.74, 6) is 3.41. The van der Waals surface area contributed by atoms with Crippen molar-refractivity contribution < 1.29 is 9.59 Å². The van der Waals surface area contributed by atoms with E-state index in [-0.39, 0.29) is 11.8 Å². The number of para-hydroxylation sites is 4. The van der Waals surface area contributed by atoms with Crippen LogP contribution >= 0.6 is 21.6 Å². The zero-order chi connectivity index (χ0) is 23.6. The summed E-state index contributed by atoms with van der Waals surface area (Å²) in [5.41, 5.74) is 3.76. The van der Waals surface area contributed by atoms with Crippen molar-refractivity contribution in [3.05, 3.63) is 60.2 Å². The number of H-pyrrole nitrogens is 2. The predicted molar refractivity (Wildman–Crippen MR) is 139 cm³/mol. The van der Waals surface area contributed by atoms with Gasteiger partial charge >= 0.3 is 0 Å². The van der Waals surface area contributed by atoms with Gasteiger partial charge in [0.1, 0.15) is 11.6 Å². The van der Waals surface area contributed by atoms with Gasteiger partial charge in [0, 0.05) is 24.3 Å². The molecule has 0 unspecified atom stereocenters. The molecule has 4 rings (SSSR count). The molecule has 4 aromatic rings. The molecule has 2 aromatic heterocycles. The van der Waals surface area contributed by atoms with E-state index in [0.29, 0.717) is 25.9 Å². The van der Waals surface area contributed by atoms with Crippen LogP contribution in [0, 0.1) is 0 Å². The number of benzene rings is 2. The minimum atomic E-state index is 0.0344. The van der Waals surface area contributed by atoms with Gasteiger partial charge in [-0.2, -0.15) is 0 Å². The third-order valence-corrected chi connectivity index (χ3v) is 7.71. The van der Waals surface area contributed by atoms with Gasteiger partial charge in [0.15, 0.2) is 0 Å². The molecule has 178 valence electrons. The van der Waals surface area contributed by atoms with Crippen molar-refractivity contribution in [2.24, 2.45) is 0 Å². The lowest BCUT2D eigenvalue weighted by molar-refractivity contribution is -0.122. The fourth-order valence-corrected chi connectivity index (χ4v) is 5.60. The zero-order valence-electron chi connectivity index (χ0n) is 18.8. The maximum absolute atomic E-state index is 12.0. The second kappa shape index (κ2) is 12.5. The second-order valence-corrected chi connectivity index (χ2v) is 10.5. The van der Waals surface area contributed by atoms with Gasteiger partial charge in [-0.05, 0) is 37.1 Å². The number of rotatable bonds is 13. The molecular weight excluding hydrogens is 468 g/mol. The van der Waals surface area contributed by atoms with E-state index in [1.807, 2.05) is 48.5 Å². The highest BCUT2D eigenvalue weighted by Gasteiger charge is 2.07. The van der Waals surface area contributed by atoms with Gasteiger partial charge in [-0.1, -0.05) is 45.9 Å². The lowest BCUT2D eigenvalue weighted by Crippen LogP contribution is -2.23. The van der Waals surface area contributed by atoms with Crippen molar-refractivity contribution in [3.63, 3.8) is 0 Å². The molecule has 4 N–H and O–H groups in total. The summed E-state index contributed by atoms with van der Waals surface area (Å²) in [6.45, 7) is 0.821. The molecule has 8 nitrogen and oxygen atoms in total. The Morgan fingerprint density at radius 3 is 1.59 bits per heavy atom. The summed E-state index contributed by atoms with van der Waals surface area (Å²) in [6, 6.07) is 15.6. The van der Waals surface area contributed by atoms with Crippen LogP contribution in [0.5, 0.6) is 0 Å². The standard InChI is InChI=1S/C24H28N6O2S2/c31-23(25-15-21-27-17-7-1-2-8-18(17)28-21)11-5-13-33-34-14-6-12-24(32)26-16-22-29-19-9-3-4-10-20(19)30-22/h1-4,7-10H,5-6,11-16H2,(H,25,31)(H,26,32)(H,27,28)(H,29,30). The molecule has 0 atom stereocenters. The minimum absolute atomic E-state index is 0.0344. The zero-order valence-corrected chi connectivity index (χ0v) is 20.4. The van der Waals surface area contributed by atoms with Crippen LogP contribution in [0.4, 0.5) is 0 Å². The van der Waals surface area contributed by atoms with Gasteiger partial charge in [0.25, 0.3) is 0 Å². The molecule has 2 aromatic carbocycles. The van der Waals surface area contributed by atoms with E-state index < -0.39 is 0 Å². The number of nitrogens with zero attached hydrogens (tertiary/aromatic N) is 2. The number of carbonyl (C=O) groups is 2. The smallest absolute Gasteiger partial charge is 0.220 e. The van der Waals surface area contributed by atoms with E-state index in [2.05, 4.69) is 30.6 Å². The largest absolute Gasteiger partial charge is 0.349 e. The van der Waals surface area contributed by atoms with E-state index in [1.54, 1.807) is 21.6 Å². The van der Waals surface area contributed by atoms with Gasteiger partial charge in [-0.15, -0.1) is 0 Å². The van der Waals surface area contributed by atoms with Crippen molar-refractivity contribution in [2.75, 3.05) is 11.5 Å². The monoisotopic (exact) mass is 496 g/mol. The van der Waals surface area contributed by atoms with Crippen LogP contribution in [0.1, 0.15) is 37.3 Å². The van der Waals surface area contributed by atoms with E-state index in [1.165, 1.54) is 0 Å². The van der Waals surface area contributed by atoms with Crippen LogP contribution in [-0.4, -0.2) is 43.3 Å². The van der Waals surface area contributed by atoms with Crippen molar-refractivity contribution in [2.45, 2.75) is 38.8 Å². The number of nitrogens with one attached hydrogen (secondary N) is 4. The average molecular weight is 497 g/mol. The first kappa shape index (κ1) is 24.2. The van der Waals surface area contributed by atoms with E-state index in [4.69, 9.17) is 0 Å². The summed E-state index contributed by atoms with van der Waals surface area (Å²) in [6.07, 6.45) is 2.64. The Morgan fingerprint density at radius 1 is 0.706 bits per heavy atom. The van der Waals surface area contributed by atoms with E-state index in [9.17, 15) is 9.59 Å². The third-order valence-electron chi connectivity index (χ3n) is 5.13. The van der Waals surface area contributed by atoms with Gasteiger partial charge in [0.2, 0.25) is 11.8 Å². The van der Waals surface area contributed by atoms with Crippen molar-refractivity contribution in [3.8, 4) is 0 Å². The molecular formula is C24H28N6O2S2. The number of aromatic amines is 2. The summed E-state index contributed by atoms with van der Waals surface area (Å²) in [5, 5.41) is 5.83. The first-order chi connectivity index (χ1) is 16.7. The molecule has 0 spiro atoms. The van der Waals surface area contributed by atoms with Crippen molar-refractivity contribution >= 4 is 55.5 Å². The molecule has 0 aliphatic heterocycles. The first-order valence-corrected chi connectivity index (χ1v) is 13.8. The summed E-state index contributed by atoms with van der Waals surface area (Å²) < 4.78 is 0. The average Bonchev–Trinajstić information content (AvgIpc) is 3.46. The minimum Gasteiger partial charge on any atom is -0.349 e. The Bertz CT molecular complexity index is 1080. The van der Waals surface area contributed by atoms with E-state index >= 15 is 0 Å². The Labute approximate surface area is 205 Å². The molecule has 34 heavy (non-hydrogen) atoms. The number of hydrogen-bond acceptors (Lipinski definition) is 6. The number of carbonyl (C=O) groups excluding carboxylic acids is 2. The molecule has 0 saturated carbocycles. The predicted octanol–water partition coefficient (Wildman–Crippen LogP) is 4.31. The lowest BCUT2D eigenvalue weighted by atomic mass is 10.3. The molecule has 0 bridgehead atoms. The fraction of sp³-hybridized carbons (Fsp3) is 0.333. The Morgan fingerprint density at radius 2 is 1.15 bits per heavy atom. The molecule has 0 saturated heterocycles. The SMILES string of the molecule is O=C(CCCSSCCCC(=O)NCc1nc2ccccc2[nH]1)NCc1nc2ccccc2[nH]1. The third kappa shape index (κ3) is 7.26. The van der Waals surface area contributed by atoms with Gasteiger partial charge in [0.05, 0.1) is 35.2 Å². The number of fused-ring (bicyclic) bond motifs is 2. The number of imidazole rings is 2. The van der Waals surface area contributed by atoms with Crippen LogP contribution < -0.4 is 10.6 Å². The van der Waals surface area contributed by atoms with Gasteiger partial charge in [-0.25, -0.2) is 9.97 Å². The number of aromatic nitrogens is 4. The number of hydrogen-bond donors (Lipinski definition) is 4. The summed E-state index contributed by atoms with van der Waals surface area (Å²) >= 11 is 0. The Balaban J connectivity index is 0.992. The second-order valence-electron chi connectivity index (χ2n) is 7.81. The maximum Gasteiger partial charge on any atom is 0.220 e. The molecule has 0 fully saturated rings. The summed E-state index contributed by atoms with van der Waals surface area (Å²) in [4.78, 5) is 39.4. The molecule has 0 aliphatic carbocycles. The normalized spacial score (nSPS) is 11.2. The molecule has 0 aliphatic rings. The quantitative estimate of drug-likeness (QED) is 0.162. The topological polar surface area (TPSA) is 116 Å². The Kier molecular flexibility index (Phi) is 8.86. The molecule has 2 amide bonds.